The lowest BCUT2D eigenvalue weighted by Gasteiger charge is -2.15. The minimum Gasteiger partial charge on any atom is -0.480 e. The molecule has 0 rings (SSSR count). The molecule has 0 radical (unpaired) electrons. The Hall–Kier alpha value is -1.30. The van der Waals surface area contributed by atoms with Crippen LogP contribution in [0.5, 0.6) is 0 Å². The van der Waals surface area contributed by atoms with E-state index in [1.807, 2.05) is 6.92 Å². The van der Waals surface area contributed by atoms with Gasteiger partial charge in [0.05, 0.1) is 0 Å². The first-order valence-electron chi connectivity index (χ1n) is 4.44. The number of rotatable bonds is 5. The van der Waals surface area contributed by atoms with E-state index < -0.39 is 12.0 Å². The van der Waals surface area contributed by atoms with Gasteiger partial charge >= 0.3 is 5.97 Å². The lowest BCUT2D eigenvalue weighted by molar-refractivity contribution is -0.138. The summed E-state index contributed by atoms with van der Waals surface area (Å²) in [4.78, 5) is 14.1. The van der Waals surface area contributed by atoms with Crippen LogP contribution >= 0.6 is 0 Å². The van der Waals surface area contributed by atoms with Crippen molar-refractivity contribution in [1.29, 1.82) is 0 Å². The molecule has 6 nitrogen and oxygen atoms in total. The van der Waals surface area contributed by atoms with Gasteiger partial charge in [0, 0.05) is 13.1 Å². The summed E-state index contributed by atoms with van der Waals surface area (Å²) in [5.41, 5.74) is 10.8. The van der Waals surface area contributed by atoms with Crippen molar-refractivity contribution in [1.82, 2.24) is 5.32 Å². The summed E-state index contributed by atoms with van der Waals surface area (Å²) in [5, 5.41) is 11.4. The van der Waals surface area contributed by atoms with Crippen LogP contribution in [0.1, 0.15) is 19.8 Å². The van der Waals surface area contributed by atoms with Gasteiger partial charge in [0.25, 0.3) is 0 Å². The molecule has 1 unspecified atom stereocenters. The zero-order valence-corrected chi connectivity index (χ0v) is 8.53. The molecule has 0 heterocycles. The van der Waals surface area contributed by atoms with E-state index in [1.54, 1.807) is 7.05 Å². The second kappa shape index (κ2) is 6.20. The molecule has 0 amide bonds. The maximum Gasteiger partial charge on any atom is 0.320 e. The van der Waals surface area contributed by atoms with Gasteiger partial charge in [-0.2, -0.15) is 0 Å². The highest BCUT2D eigenvalue weighted by molar-refractivity contribution is 5.77. The van der Waals surface area contributed by atoms with Crippen molar-refractivity contribution >= 4 is 11.9 Å². The molecule has 2 atom stereocenters. The fraction of sp³-hybridized carbons (Fsp3) is 0.750. The Kier molecular flexibility index (Phi) is 5.62. The van der Waals surface area contributed by atoms with Crippen molar-refractivity contribution < 1.29 is 9.90 Å². The molecule has 0 saturated heterocycles. The van der Waals surface area contributed by atoms with Gasteiger partial charge < -0.3 is 21.9 Å². The first-order valence-corrected chi connectivity index (χ1v) is 4.44. The standard InChI is InChI=1S/C8H18N4O2/c1-5(12-8(10)11-2)3-4-6(9)7(13)14/h5-6H,3-4,9H2,1-2H3,(H,13,14)(H3,10,11,12)/t5?,6-/m0/s1. The zero-order valence-electron chi connectivity index (χ0n) is 8.53. The van der Waals surface area contributed by atoms with Gasteiger partial charge in [0.1, 0.15) is 6.04 Å². The highest BCUT2D eigenvalue weighted by Crippen LogP contribution is 1.99. The fourth-order valence-electron chi connectivity index (χ4n) is 0.942. The molecular formula is C8H18N4O2. The fourth-order valence-corrected chi connectivity index (χ4v) is 0.942. The van der Waals surface area contributed by atoms with E-state index in [4.69, 9.17) is 16.6 Å². The normalized spacial score (nSPS) is 16.1. The summed E-state index contributed by atoms with van der Waals surface area (Å²) in [6, 6.07) is -0.733. The smallest absolute Gasteiger partial charge is 0.320 e. The molecule has 0 aliphatic carbocycles. The third kappa shape index (κ3) is 5.36. The van der Waals surface area contributed by atoms with Gasteiger partial charge in [-0.15, -0.1) is 0 Å². The van der Waals surface area contributed by atoms with Gasteiger partial charge in [-0.25, -0.2) is 0 Å². The summed E-state index contributed by atoms with van der Waals surface area (Å²) in [6.45, 7) is 1.90. The van der Waals surface area contributed by atoms with E-state index in [9.17, 15) is 4.79 Å². The van der Waals surface area contributed by atoms with E-state index in [2.05, 4.69) is 10.3 Å². The van der Waals surface area contributed by atoms with Gasteiger partial charge in [-0.05, 0) is 19.8 Å². The third-order valence-corrected chi connectivity index (χ3v) is 1.86. The Balaban J connectivity index is 3.74. The molecule has 0 bridgehead atoms. The predicted octanol–water partition coefficient (Wildman–Crippen LogP) is -0.899. The van der Waals surface area contributed by atoms with Crippen LogP contribution in [-0.4, -0.2) is 36.2 Å². The molecule has 0 aromatic heterocycles. The monoisotopic (exact) mass is 202 g/mol. The average Bonchev–Trinajstić information content (AvgIpc) is 2.13. The number of guanidine groups is 1. The average molecular weight is 202 g/mol. The second-order valence-corrected chi connectivity index (χ2v) is 3.18. The number of nitrogens with two attached hydrogens (primary N) is 2. The van der Waals surface area contributed by atoms with Crippen LogP contribution in [0.25, 0.3) is 0 Å². The Morgan fingerprint density at radius 3 is 2.57 bits per heavy atom. The minimum absolute atomic E-state index is 0.0732. The molecule has 0 fully saturated rings. The van der Waals surface area contributed by atoms with Crippen molar-refractivity contribution in [2.45, 2.75) is 31.8 Å². The highest BCUT2D eigenvalue weighted by atomic mass is 16.4. The number of carboxylic acids is 1. The zero-order chi connectivity index (χ0) is 11.1. The first-order chi connectivity index (χ1) is 6.47. The molecule has 0 saturated carbocycles. The number of carbonyl (C=O) groups is 1. The van der Waals surface area contributed by atoms with Gasteiger partial charge in [-0.1, -0.05) is 0 Å². The van der Waals surface area contributed by atoms with E-state index in [-0.39, 0.29) is 6.04 Å². The number of nitrogens with one attached hydrogen (secondary N) is 1. The number of aliphatic carboxylic acids is 1. The lowest BCUT2D eigenvalue weighted by Crippen LogP contribution is -2.39. The molecule has 0 aromatic rings. The second-order valence-electron chi connectivity index (χ2n) is 3.18. The number of carboxylic acid groups (broad SMARTS) is 1. The summed E-state index contributed by atoms with van der Waals surface area (Å²) in [7, 11) is 1.58. The molecule has 6 N–H and O–H groups in total. The first kappa shape index (κ1) is 12.7. The SMILES string of the molecule is CN=C(N)NC(C)CC[C@H](N)C(=O)O. The van der Waals surface area contributed by atoms with Crippen LogP contribution in [-0.2, 0) is 4.79 Å². The number of hydrogen-bond acceptors (Lipinski definition) is 3. The Morgan fingerprint density at radius 1 is 1.57 bits per heavy atom. The van der Waals surface area contributed by atoms with Gasteiger partial charge in [-0.3, -0.25) is 9.79 Å². The van der Waals surface area contributed by atoms with Crippen LogP contribution in [0.3, 0.4) is 0 Å². The van der Waals surface area contributed by atoms with E-state index in [1.165, 1.54) is 0 Å². The minimum atomic E-state index is -0.977. The maximum atomic E-state index is 10.4. The number of nitrogens with zero attached hydrogens (tertiary/aromatic N) is 1. The van der Waals surface area contributed by atoms with Gasteiger partial charge in [0.2, 0.25) is 0 Å². The highest BCUT2D eigenvalue weighted by Gasteiger charge is 2.12. The molecule has 0 spiro atoms. The quantitative estimate of drug-likeness (QED) is 0.341. The largest absolute Gasteiger partial charge is 0.480 e. The van der Waals surface area contributed by atoms with Crippen molar-refractivity contribution in [3.05, 3.63) is 0 Å². The molecule has 14 heavy (non-hydrogen) atoms. The van der Waals surface area contributed by atoms with E-state index >= 15 is 0 Å². The molecule has 0 aromatic carbocycles. The Bertz CT molecular complexity index is 217. The summed E-state index contributed by atoms with van der Waals surface area (Å²) >= 11 is 0. The van der Waals surface area contributed by atoms with E-state index in [0.717, 1.165) is 0 Å². The van der Waals surface area contributed by atoms with Crippen LogP contribution in [0.15, 0.2) is 4.99 Å². The van der Waals surface area contributed by atoms with Crippen LogP contribution in [0.4, 0.5) is 0 Å². The number of aliphatic imine (C=N–C) groups is 1. The third-order valence-electron chi connectivity index (χ3n) is 1.86. The lowest BCUT2D eigenvalue weighted by atomic mass is 10.1. The van der Waals surface area contributed by atoms with Crippen molar-refractivity contribution in [2.75, 3.05) is 7.05 Å². The van der Waals surface area contributed by atoms with Crippen molar-refractivity contribution in [3.63, 3.8) is 0 Å². The Morgan fingerprint density at radius 2 is 2.14 bits per heavy atom. The molecule has 82 valence electrons. The molecular weight excluding hydrogens is 184 g/mol. The van der Waals surface area contributed by atoms with Crippen molar-refractivity contribution in [2.24, 2.45) is 16.5 Å². The van der Waals surface area contributed by atoms with Gasteiger partial charge in [0.15, 0.2) is 5.96 Å². The Labute approximate surface area is 83.4 Å². The van der Waals surface area contributed by atoms with Crippen molar-refractivity contribution in [3.8, 4) is 0 Å². The predicted molar refractivity (Wildman–Crippen MR) is 55.0 cm³/mol. The maximum absolute atomic E-state index is 10.4. The van der Waals surface area contributed by atoms with Crippen LogP contribution in [0, 0.1) is 0 Å². The molecule has 0 aliphatic heterocycles. The summed E-state index contributed by atoms with van der Waals surface area (Å²) < 4.78 is 0. The summed E-state index contributed by atoms with van der Waals surface area (Å²) in [6.07, 6.45) is 1.06. The molecule has 0 aliphatic rings. The summed E-state index contributed by atoms with van der Waals surface area (Å²) in [5.74, 6) is -0.629. The van der Waals surface area contributed by atoms with E-state index in [0.29, 0.717) is 18.8 Å². The van der Waals surface area contributed by atoms with Crippen LogP contribution < -0.4 is 16.8 Å². The number of hydrogen-bond donors (Lipinski definition) is 4. The van der Waals surface area contributed by atoms with Crippen LogP contribution in [0.2, 0.25) is 0 Å². The molecule has 6 heteroatoms. The topological polar surface area (TPSA) is 114 Å².